The molecule has 0 fully saturated rings. The van der Waals surface area contributed by atoms with Gasteiger partial charge in [0, 0.05) is 12.2 Å². The topological polar surface area (TPSA) is 16.1 Å². The molecule has 90 valence electrons. The first-order valence-corrected chi connectivity index (χ1v) is 6.09. The second-order valence-corrected chi connectivity index (χ2v) is 5.04. The molecule has 0 radical (unpaired) electrons. The molecule has 0 atom stereocenters. The smallest absolute Gasteiger partial charge is 0.0550 e. The molecule has 1 rings (SSSR count). The maximum absolute atomic E-state index is 4.80. The molecule has 0 N–H and O–H groups in total. The Kier molecular flexibility index (Phi) is 4.48. The summed E-state index contributed by atoms with van der Waals surface area (Å²) >= 11 is 0. The van der Waals surface area contributed by atoms with Gasteiger partial charge in [-0.15, -0.1) is 0 Å². The van der Waals surface area contributed by atoms with Crippen molar-refractivity contribution < 1.29 is 0 Å². The fourth-order valence-corrected chi connectivity index (χ4v) is 2.14. The zero-order valence-electron chi connectivity index (χ0n) is 11.5. The lowest BCUT2D eigenvalue weighted by Gasteiger charge is -2.17. The normalized spacial score (nSPS) is 11.5. The Bertz CT molecular complexity index is 354. The molecule has 0 amide bonds. The number of pyridine rings is 1. The fourth-order valence-electron chi connectivity index (χ4n) is 2.14. The van der Waals surface area contributed by atoms with Gasteiger partial charge in [-0.25, -0.2) is 0 Å². The van der Waals surface area contributed by atoms with Crippen LogP contribution in [0.5, 0.6) is 0 Å². The van der Waals surface area contributed by atoms with E-state index in [-0.39, 0.29) is 0 Å². The van der Waals surface area contributed by atoms with Crippen molar-refractivity contribution in [1.82, 2.24) is 9.88 Å². The molecule has 0 aliphatic heterocycles. The predicted octanol–water partition coefficient (Wildman–Crippen LogP) is 3.14. The molecular formula is C14H24N2. The van der Waals surface area contributed by atoms with Crippen molar-refractivity contribution in [1.29, 1.82) is 0 Å². The van der Waals surface area contributed by atoms with Gasteiger partial charge in [-0.05, 0) is 50.6 Å². The molecule has 1 aromatic rings. The van der Waals surface area contributed by atoms with E-state index in [2.05, 4.69) is 52.8 Å². The largest absolute Gasteiger partial charge is 0.304 e. The van der Waals surface area contributed by atoms with Crippen LogP contribution in [-0.4, -0.2) is 24.0 Å². The van der Waals surface area contributed by atoms with Crippen molar-refractivity contribution >= 4 is 0 Å². The first-order chi connectivity index (χ1) is 7.45. The molecule has 0 saturated carbocycles. The average Bonchev–Trinajstić information content (AvgIpc) is 2.15. The minimum Gasteiger partial charge on any atom is -0.304 e. The highest BCUT2D eigenvalue weighted by atomic mass is 15.1. The Labute approximate surface area is 99.7 Å². The van der Waals surface area contributed by atoms with Crippen LogP contribution in [0.15, 0.2) is 6.07 Å². The number of aromatic nitrogens is 1. The van der Waals surface area contributed by atoms with E-state index in [9.17, 15) is 0 Å². The zero-order valence-corrected chi connectivity index (χ0v) is 11.5. The van der Waals surface area contributed by atoms with Gasteiger partial charge in [-0.2, -0.15) is 0 Å². The molecule has 0 aliphatic carbocycles. The molecule has 16 heavy (non-hydrogen) atoms. The first kappa shape index (κ1) is 13.2. The van der Waals surface area contributed by atoms with E-state index in [0.29, 0.717) is 5.92 Å². The van der Waals surface area contributed by atoms with E-state index in [4.69, 9.17) is 4.98 Å². The molecule has 0 aromatic carbocycles. The predicted molar refractivity (Wildman–Crippen MR) is 69.8 cm³/mol. The van der Waals surface area contributed by atoms with Gasteiger partial charge >= 0.3 is 0 Å². The van der Waals surface area contributed by atoms with Gasteiger partial charge in [0.2, 0.25) is 0 Å². The summed E-state index contributed by atoms with van der Waals surface area (Å²) in [5.74, 6) is 0.510. The Balaban J connectivity index is 3.17. The van der Waals surface area contributed by atoms with Gasteiger partial charge in [0.05, 0.1) is 5.69 Å². The molecule has 1 aromatic heterocycles. The van der Waals surface area contributed by atoms with Crippen LogP contribution in [-0.2, 0) is 13.0 Å². The van der Waals surface area contributed by atoms with Gasteiger partial charge < -0.3 is 4.90 Å². The van der Waals surface area contributed by atoms with Crippen molar-refractivity contribution in [3.8, 4) is 0 Å². The molecule has 0 spiro atoms. The third-order valence-corrected chi connectivity index (χ3v) is 2.81. The second kappa shape index (κ2) is 5.44. The lowest BCUT2D eigenvalue weighted by atomic mass is 9.97. The SMILES string of the molecule is CCc1c(C)cc(CN(C)C)nc1C(C)C. The van der Waals surface area contributed by atoms with E-state index in [1.807, 2.05) is 0 Å². The third-order valence-electron chi connectivity index (χ3n) is 2.81. The first-order valence-electron chi connectivity index (χ1n) is 6.09. The molecular weight excluding hydrogens is 196 g/mol. The summed E-state index contributed by atoms with van der Waals surface area (Å²) in [5, 5.41) is 0. The van der Waals surface area contributed by atoms with Crippen molar-refractivity contribution in [3.05, 3.63) is 28.6 Å². The van der Waals surface area contributed by atoms with E-state index in [0.717, 1.165) is 13.0 Å². The molecule has 2 heteroatoms. The van der Waals surface area contributed by atoms with Gasteiger partial charge in [-0.1, -0.05) is 20.8 Å². The summed E-state index contributed by atoms with van der Waals surface area (Å²) in [5.41, 5.74) is 5.28. The lowest BCUT2D eigenvalue weighted by molar-refractivity contribution is 0.395. The Morgan fingerprint density at radius 2 is 1.94 bits per heavy atom. The van der Waals surface area contributed by atoms with Gasteiger partial charge in [0.25, 0.3) is 0 Å². The van der Waals surface area contributed by atoms with Gasteiger partial charge in [0.15, 0.2) is 0 Å². The molecule has 0 unspecified atom stereocenters. The minimum absolute atomic E-state index is 0.510. The summed E-state index contributed by atoms with van der Waals surface area (Å²) in [4.78, 5) is 6.97. The highest BCUT2D eigenvalue weighted by Gasteiger charge is 2.11. The number of nitrogens with zero attached hydrogens (tertiary/aromatic N) is 2. The quantitative estimate of drug-likeness (QED) is 0.775. The van der Waals surface area contributed by atoms with Crippen LogP contribution in [0.25, 0.3) is 0 Å². The molecule has 0 aliphatic rings. The lowest BCUT2D eigenvalue weighted by Crippen LogP contribution is -2.14. The van der Waals surface area contributed by atoms with Crippen LogP contribution in [0.4, 0.5) is 0 Å². The Morgan fingerprint density at radius 3 is 2.38 bits per heavy atom. The highest BCUT2D eigenvalue weighted by molar-refractivity contribution is 5.33. The third kappa shape index (κ3) is 3.05. The number of aryl methyl sites for hydroxylation is 1. The maximum Gasteiger partial charge on any atom is 0.0550 e. The van der Waals surface area contributed by atoms with Crippen LogP contribution in [0.1, 0.15) is 49.2 Å². The molecule has 2 nitrogen and oxygen atoms in total. The van der Waals surface area contributed by atoms with Crippen LogP contribution in [0, 0.1) is 6.92 Å². The van der Waals surface area contributed by atoms with E-state index < -0.39 is 0 Å². The van der Waals surface area contributed by atoms with Crippen molar-refractivity contribution in [2.24, 2.45) is 0 Å². The summed E-state index contributed by atoms with van der Waals surface area (Å²) in [7, 11) is 4.17. The Hall–Kier alpha value is -0.890. The minimum atomic E-state index is 0.510. The fraction of sp³-hybridized carbons (Fsp3) is 0.643. The van der Waals surface area contributed by atoms with Crippen molar-refractivity contribution in [2.45, 2.75) is 46.6 Å². The standard InChI is InChI=1S/C14H24N2/c1-7-13-11(4)8-12(9-16(5)6)15-14(13)10(2)3/h8,10H,7,9H2,1-6H3. The number of hydrogen-bond donors (Lipinski definition) is 0. The molecule has 0 saturated heterocycles. The summed E-state index contributed by atoms with van der Waals surface area (Å²) in [6, 6.07) is 2.23. The van der Waals surface area contributed by atoms with Gasteiger partial charge in [0.1, 0.15) is 0 Å². The van der Waals surface area contributed by atoms with Crippen molar-refractivity contribution in [3.63, 3.8) is 0 Å². The Morgan fingerprint density at radius 1 is 1.31 bits per heavy atom. The summed E-state index contributed by atoms with van der Waals surface area (Å²) < 4.78 is 0. The average molecular weight is 220 g/mol. The summed E-state index contributed by atoms with van der Waals surface area (Å²) in [6.07, 6.45) is 1.08. The maximum atomic E-state index is 4.80. The highest BCUT2D eigenvalue weighted by Crippen LogP contribution is 2.22. The van der Waals surface area contributed by atoms with Crippen LogP contribution in [0.3, 0.4) is 0 Å². The number of rotatable bonds is 4. The number of hydrogen-bond acceptors (Lipinski definition) is 2. The monoisotopic (exact) mass is 220 g/mol. The zero-order chi connectivity index (χ0) is 12.3. The van der Waals surface area contributed by atoms with Crippen molar-refractivity contribution in [2.75, 3.05) is 14.1 Å². The van der Waals surface area contributed by atoms with E-state index in [1.54, 1.807) is 0 Å². The van der Waals surface area contributed by atoms with Gasteiger partial charge in [-0.3, -0.25) is 4.98 Å². The van der Waals surface area contributed by atoms with Crippen LogP contribution in [0.2, 0.25) is 0 Å². The molecule has 0 bridgehead atoms. The van der Waals surface area contributed by atoms with E-state index in [1.165, 1.54) is 22.5 Å². The molecule has 1 heterocycles. The van der Waals surface area contributed by atoms with Crippen LogP contribution >= 0.6 is 0 Å². The second-order valence-electron chi connectivity index (χ2n) is 5.04. The summed E-state index contributed by atoms with van der Waals surface area (Å²) in [6.45, 7) is 9.78. The van der Waals surface area contributed by atoms with Crippen LogP contribution < -0.4 is 0 Å². The van der Waals surface area contributed by atoms with E-state index >= 15 is 0 Å².